The summed E-state index contributed by atoms with van der Waals surface area (Å²) in [6, 6.07) is 9.19. The lowest BCUT2D eigenvalue weighted by Crippen LogP contribution is -2.38. The van der Waals surface area contributed by atoms with Crippen molar-refractivity contribution in [3.63, 3.8) is 0 Å². The molecule has 0 aliphatic carbocycles. The van der Waals surface area contributed by atoms with E-state index >= 15 is 0 Å². The zero-order chi connectivity index (χ0) is 13.1. The highest BCUT2D eigenvalue weighted by Crippen LogP contribution is 2.31. The van der Waals surface area contributed by atoms with E-state index in [1.807, 2.05) is 37.3 Å². The molecule has 0 spiro atoms. The molecule has 2 rings (SSSR count). The van der Waals surface area contributed by atoms with Gasteiger partial charge in [-0.1, -0.05) is 30.3 Å². The molecule has 92 valence electrons. The van der Waals surface area contributed by atoms with Gasteiger partial charge in [0.15, 0.2) is 0 Å². The second kappa shape index (κ2) is 5.05. The van der Waals surface area contributed by atoms with Crippen LogP contribution in [-0.2, 0) is 9.59 Å². The Bertz CT molecular complexity index is 501. The van der Waals surface area contributed by atoms with E-state index in [2.05, 4.69) is 5.92 Å². The molecule has 0 radical (unpaired) electrons. The summed E-state index contributed by atoms with van der Waals surface area (Å²) in [7, 11) is 0. The minimum Gasteiger partial charge on any atom is -0.278 e. The van der Waals surface area contributed by atoms with Crippen molar-refractivity contribution in [1.82, 2.24) is 4.90 Å². The average Bonchev–Trinajstić information content (AvgIpc) is 2.66. The number of imide groups is 1. The monoisotopic (exact) mass is 241 g/mol. The molecule has 1 aromatic rings. The summed E-state index contributed by atoms with van der Waals surface area (Å²) >= 11 is 0. The van der Waals surface area contributed by atoms with Gasteiger partial charge in [-0.15, -0.1) is 12.3 Å². The second-order valence-electron chi connectivity index (χ2n) is 4.53. The molecule has 2 amide bonds. The number of amides is 2. The Morgan fingerprint density at radius 2 is 2.06 bits per heavy atom. The van der Waals surface area contributed by atoms with Crippen molar-refractivity contribution >= 4 is 11.8 Å². The van der Waals surface area contributed by atoms with Gasteiger partial charge in [-0.3, -0.25) is 14.5 Å². The molecule has 1 saturated heterocycles. The third kappa shape index (κ3) is 2.14. The Balaban J connectivity index is 2.22. The molecule has 18 heavy (non-hydrogen) atoms. The molecule has 1 aliphatic heterocycles. The van der Waals surface area contributed by atoms with Crippen LogP contribution >= 0.6 is 0 Å². The molecule has 0 aromatic heterocycles. The second-order valence-corrected chi connectivity index (χ2v) is 4.53. The van der Waals surface area contributed by atoms with Crippen LogP contribution in [0.5, 0.6) is 0 Å². The standard InChI is InChI=1S/C15H15NO2/c1-3-7-11(2)16-14(17)10-13(15(16)18)12-8-5-4-6-9-12/h1,4-6,8-9,11,13H,7,10H2,2H3. The molecule has 0 saturated carbocycles. The van der Waals surface area contributed by atoms with Crippen molar-refractivity contribution in [3.05, 3.63) is 35.9 Å². The first-order chi connectivity index (χ1) is 8.65. The topological polar surface area (TPSA) is 37.4 Å². The fourth-order valence-electron chi connectivity index (χ4n) is 2.32. The SMILES string of the molecule is C#CCC(C)N1C(=O)CC(c2ccccc2)C1=O. The number of terminal acetylenes is 1. The third-order valence-electron chi connectivity index (χ3n) is 3.24. The number of likely N-dealkylation sites (tertiary alicyclic amines) is 1. The van der Waals surface area contributed by atoms with Crippen LogP contribution in [0.4, 0.5) is 0 Å². The van der Waals surface area contributed by atoms with Crippen molar-refractivity contribution in [2.24, 2.45) is 0 Å². The van der Waals surface area contributed by atoms with E-state index in [0.717, 1.165) is 5.56 Å². The first-order valence-electron chi connectivity index (χ1n) is 5.99. The van der Waals surface area contributed by atoms with Crippen LogP contribution in [0.3, 0.4) is 0 Å². The fourth-order valence-corrected chi connectivity index (χ4v) is 2.32. The number of rotatable bonds is 3. The van der Waals surface area contributed by atoms with Gasteiger partial charge in [0.2, 0.25) is 11.8 Å². The zero-order valence-corrected chi connectivity index (χ0v) is 10.3. The van der Waals surface area contributed by atoms with Crippen LogP contribution in [0.15, 0.2) is 30.3 Å². The predicted octanol–water partition coefficient (Wildman–Crippen LogP) is 1.94. The highest BCUT2D eigenvalue weighted by atomic mass is 16.2. The van der Waals surface area contributed by atoms with Crippen molar-refractivity contribution in [1.29, 1.82) is 0 Å². The van der Waals surface area contributed by atoms with Crippen molar-refractivity contribution in [2.45, 2.75) is 31.7 Å². The van der Waals surface area contributed by atoms with Crippen LogP contribution in [-0.4, -0.2) is 22.8 Å². The number of carbonyl (C=O) groups excluding carboxylic acids is 2. The van der Waals surface area contributed by atoms with Crippen LogP contribution in [0.2, 0.25) is 0 Å². The van der Waals surface area contributed by atoms with Crippen molar-refractivity contribution in [2.75, 3.05) is 0 Å². The summed E-state index contributed by atoms with van der Waals surface area (Å²) in [4.78, 5) is 25.5. The Morgan fingerprint density at radius 1 is 1.39 bits per heavy atom. The Morgan fingerprint density at radius 3 is 2.67 bits per heavy atom. The lowest BCUT2D eigenvalue weighted by molar-refractivity contribution is -0.140. The summed E-state index contributed by atoms with van der Waals surface area (Å²) in [5, 5.41) is 0. The predicted molar refractivity (Wildman–Crippen MR) is 68.6 cm³/mol. The Kier molecular flexibility index (Phi) is 3.47. The van der Waals surface area contributed by atoms with Crippen LogP contribution in [0.1, 0.15) is 31.2 Å². The summed E-state index contributed by atoms with van der Waals surface area (Å²) in [6.45, 7) is 1.81. The summed E-state index contributed by atoms with van der Waals surface area (Å²) in [5.41, 5.74) is 0.895. The fraction of sp³-hybridized carbons (Fsp3) is 0.333. The van der Waals surface area contributed by atoms with Crippen LogP contribution in [0, 0.1) is 12.3 Å². The number of carbonyl (C=O) groups is 2. The summed E-state index contributed by atoms with van der Waals surface area (Å²) in [6.07, 6.45) is 5.88. The quantitative estimate of drug-likeness (QED) is 0.599. The van der Waals surface area contributed by atoms with Gasteiger partial charge in [0, 0.05) is 18.9 Å². The molecule has 0 N–H and O–H groups in total. The summed E-state index contributed by atoms with van der Waals surface area (Å²) in [5.74, 6) is 1.89. The minimum atomic E-state index is -0.348. The van der Waals surface area contributed by atoms with Crippen LogP contribution in [0.25, 0.3) is 0 Å². The van der Waals surface area contributed by atoms with E-state index in [1.165, 1.54) is 4.90 Å². The zero-order valence-electron chi connectivity index (χ0n) is 10.3. The number of benzene rings is 1. The van der Waals surface area contributed by atoms with Gasteiger partial charge in [-0.25, -0.2) is 0 Å². The van der Waals surface area contributed by atoms with Crippen LogP contribution < -0.4 is 0 Å². The molecule has 1 fully saturated rings. The number of hydrogen-bond donors (Lipinski definition) is 0. The molecule has 2 unspecified atom stereocenters. The molecular weight excluding hydrogens is 226 g/mol. The minimum absolute atomic E-state index is 0.128. The van der Waals surface area contributed by atoms with E-state index in [-0.39, 0.29) is 30.2 Å². The first kappa shape index (κ1) is 12.4. The van der Waals surface area contributed by atoms with E-state index in [0.29, 0.717) is 6.42 Å². The highest BCUT2D eigenvalue weighted by molar-refractivity contribution is 6.06. The van der Waals surface area contributed by atoms with E-state index in [1.54, 1.807) is 0 Å². The highest BCUT2D eigenvalue weighted by Gasteiger charge is 2.41. The van der Waals surface area contributed by atoms with E-state index in [4.69, 9.17) is 6.42 Å². The molecule has 1 heterocycles. The Hall–Kier alpha value is -2.08. The molecular formula is C15H15NO2. The third-order valence-corrected chi connectivity index (χ3v) is 3.24. The van der Waals surface area contributed by atoms with Crippen molar-refractivity contribution < 1.29 is 9.59 Å². The first-order valence-corrected chi connectivity index (χ1v) is 5.99. The van der Waals surface area contributed by atoms with Gasteiger partial charge in [0.05, 0.1) is 5.92 Å². The van der Waals surface area contributed by atoms with Gasteiger partial charge in [-0.2, -0.15) is 0 Å². The average molecular weight is 241 g/mol. The maximum atomic E-state index is 12.3. The molecule has 1 aliphatic rings. The van der Waals surface area contributed by atoms with E-state index < -0.39 is 0 Å². The van der Waals surface area contributed by atoms with E-state index in [9.17, 15) is 9.59 Å². The van der Waals surface area contributed by atoms with Gasteiger partial charge in [-0.05, 0) is 12.5 Å². The molecule has 3 heteroatoms. The summed E-state index contributed by atoms with van der Waals surface area (Å²) < 4.78 is 0. The van der Waals surface area contributed by atoms with Gasteiger partial charge >= 0.3 is 0 Å². The van der Waals surface area contributed by atoms with Gasteiger partial charge in [0.25, 0.3) is 0 Å². The smallest absolute Gasteiger partial charge is 0.237 e. The lowest BCUT2D eigenvalue weighted by atomic mass is 9.98. The number of nitrogens with zero attached hydrogens (tertiary/aromatic N) is 1. The molecule has 0 bridgehead atoms. The van der Waals surface area contributed by atoms with Crippen molar-refractivity contribution in [3.8, 4) is 12.3 Å². The van der Waals surface area contributed by atoms with Gasteiger partial charge < -0.3 is 0 Å². The maximum Gasteiger partial charge on any atom is 0.237 e. The maximum absolute atomic E-state index is 12.3. The van der Waals surface area contributed by atoms with Gasteiger partial charge in [0.1, 0.15) is 0 Å². The largest absolute Gasteiger partial charge is 0.278 e. The molecule has 2 atom stereocenters. The number of hydrogen-bond acceptors (Lipinski definition) is 2. The molecule has 3 nitrogen and oxygen atoms in total. The molecule has 1 aromatic carbocycles. The lowest BCUT2D eigenvalue weighted by Gasteiger charge is -2.21. The Labute approximate surface area is 107 Å². The normalized spacial score (nSPS) is 20.9.